The van der Waals surface area contributed by atoms with Gasteiger partial charge in [0.2, 0.25) is 0 Å². The van der Waals surface area contributed by atoms with Gasteiger partial charge >= 0.3 is 0 Å². The van der Waals surface area contributed by atoms with E-state index in [0.29, 0.717) is 20.2 Å². The summed E-state index contributed by atoms with van der Waals surface area (Å²) in [6.45, 7) is 0. The molecule has 0 aliphatic heterocycles. The van der Waals surface area contributed by atoms with Gasteiger partial charge in [-0.05, 0) is 74.9 Å². The first kappa shape index (κ1) is 16.4. The van der Waals surface area contributed by atoms with E-state index in [1.165, 1.54) is 18.2 Å². The molecule has 0 saturated carbocycles. The summed E-state index contributed by atoms with van der Waals surface area (Å²) in [5.74, 6) is 0. The molecule has 0 bridgehead atoms. The molecule has 0 heterocycles. The van der Waals surface area contributed by atoms with Crippen molar-refractivity contribution in [1.82, 2.24) is 0 Å². The topological polar surface area (TPSA) is 46.2 Å². The lowest BCUT2D eigenvalue weighted by atomic mass is 10.3. The predicted molar refractivity (Wildman–Crippen MR) is 94.1 cm³/mol. The minimum absolute atomic E-state index is 0.100. The number of hydrogen-bond acceptors (Lipinski definition) is 2. The molecule has 0 aliphatic rings. The van der Waals surface area contributed by atoms with Crippen LogP contribution in [0.5, 0.6) is 0 Å². The Hall–Kier alpha value is -0.0200. The molecule has 8 heteroatoms. The second-order valence-corrected chi connectivity index (χ2v) is 8.40. The van der Waals surface area contributed by atoms with Crippen molar-refractivity contribution in [2.24, 2.45) is 0 Å². The van der Waals surface area contributed by atoms with Gasteiger partial charge in [-0.15, -0.1) is 0 Å². The molecule has 0 saturated heterocycles. The largest absolute Gasteiger partial charge is 0.278 e. The fourth-order valence-corrected chi connectivity index (χ4v) is 4.13. The number of nitrogens with one attached hydrogen (secondary N) is 1. The fourth-order valence-electron chi connectivity index (χ4n) is 1.42. The lowest BCUT2D eigenvalue weighted by Gasteiger charge is -2.10. The molecule has 1 N–H and O–H groups in total. The Bertz CT molecular complexity index is 768. The summed E-state index contributed by atoms with van der Waals surface area (Å²) in [5, 5.41) is 0.782. The highest BCUT2D eigenvalue weighted by molar-refractivity contribution is 14.1. The van der Waals surface area contributed by atoms with Gasteiger partial charge in [-0.1, -0.05) is 23.2 Å². The highest BCUT2D eigenvalue weighted by Gasteiger charge is 2.17. The maximum absolute atomic E-state index is 12.3. The average Bonchev–Trinajstić information content (AvgIpc) is 2.36. The van der Waals surface area contributed by atoms with Crippen LogP contribution in [0.1, 0.15) is 0 Å². The summed E-state index contributed by atoms with van der Waals surface area (Å²) in [4.78, 5) is 0.100. The third-order valence-electron chi connectivity index (χ3n) is 2.38. The van der Waals surface area contributed by atoms with Crippen molar-refractivity contribution in [1.29, 1.82) is 0 Å². The predicted octanol–water partition coefficient (Wildman–Crippen LogP) is 5.16. The van der Waals surface area contributed by atoms with Crippen LogP contribution in [0, 0.1) is 3.57 Å². The van der Waals surface area contributed by atoms with Crippen LogP contribution in [-0.2, 0) is 10.0 Å². The van der Waals surface area contributed by atoms with E-state index in [-0.39, 0.29) is 4.90 Å². The van der Waals surface area contributed by atoms with E-state index < -0.39 is 10.0 Å². The summed E-state index contributed by atoms with van der Waals surface area (Å²) < 4.78 is 28.4. The van der Waals surface area contributed by atoms with E-state index in [2.05, 4.69) is 43.2 Å². The van der Waals surface area contributed by atoms with Crippen molar-refractivity contribution in [2.75, 3.05) is 4.72 Å². The van der Waals surface area contributed by atoms with E-state index in [0.717, 1.165) is 3.57 Å². The van der Waals surface area contributed by atoms with Crippen LogP contribution in [0.25, 0.3) is 0 Å². The first-order chi connectivity index (χ1) is 9.29. The van der Waals surface area contributed by atoms with Gasteiger partial charge in [0.05, 0.1) is 20.6 Å². The zero-order valence-electron chi connectivity index (χ0n) is 9.70. The average molecular weight is 507 g/mol. The quantitative estimate of drug-likeness (QED) is 0.584. The maximum Gasteiger partial charge on any atom is 0.261 e. The van der Waals surface area contributed by atoms with Gasteiger partial charge in [-0.3, -0.25) is 4.72 Å². The summed E-state index contributed by atoms with van der Waals surface area (Å²) in [6.07, 6.45) is 0. The highest BCUT2D eigenvalue weighted by atomic mass is 127. The normalized spacial score (nSPS) is 11.4. The third kappa shape index (κ3) is 3.79. The van der Waals surface area contributed by atoms with Gasteiger partial charge in [0.1, 0.15) is 0 Å². The summed E-state index contributed by atoms with van der Waals surface area (Å²) in [7, 11) is -3.71. The standard InChI is InChI=1S/C12H7BrCl2INO2S/c13-9-6-8(2-3-10(9)14)20(18,19)17-12-4-1-7(16)5-11(12)15/h1-6,17H. The molecule has 0 unspecified atom stereocenters. The minimum atomic E-state index is -3.71. The van der Waals surface area contributed by atoms with Gasteiger partial charge in [0.25, 0.3) is 10.0 Å². The number of anilines is 1. The van der Waals surface area contributed by atoms with Crippen LogP contribution in [0.15, 0.2) is 45.8 Å². The Morgan fingerprint density at radius 3 is 2.35 bits per heavy atom. The van der Waals surface area contributed by atoms with Crippen molar-refractivity contribution < 1.29 is 8.42 Å². The van der Waals surface area contributed by atoms with Crippen LogP contribution in [0.3, 0.4) is 0 Å². The molecule has 0 radical (unpaired) electrons. The Balaban J connectivity index is 2.38. The molecule has 0 aromatic heterocycles. The van der Waals surface area contributed by atoms with Crippen LogP contribution >= 0.6 is 61.7 Å². The second kappa shape index (κ2) is 6.39. The first-order valence-electron chi connectivity index (χ1n) is 5.22. The second-order valence-electron chi connectivity index (χ2n) is 3.81. The molecule has 3 nitrogen and oxygen atoms in total. The van der Waals surface area contributed by atoms with E-state index in [1.54, 1.807) is 18.2 Å². The molecule has 2 aromatic rings. The van der Waals surface area contributed by atoms with E-state index >= 15 is 0 Å². The molecule has 0 atom stereocenters. The van der Waals surface area contributed by atoms with Gasteiger partial charge in [-0.25, -0.2) is 8.42 Å². The van der Waals surface area contributed by atoms with Gasteiger partial charge in [-0.2, -0.15) is 0 Å². The zero-order valence-corrected chi connectivity index (χ0v) is 15.8. The number of rotatable bonds is 3. The molecule has 20 heavy (non-hydrogen) atoms. The summed E-state index contributed by atoms with van der Waals surface area (Å²) >= 11 is 17.2. The highest BCUT2D eigenvalue weighted by Crippen LogP contribution is 2.29. The monoisotopic (exact) mass is 505 g/mol. The third-order valence-corrected chi connectivity index (χ3v) is 5.94. The van der Waals surface area contributed by atoms with Crippen molar-refractivity contribution in [3.63, 3.8) is 0 Å². The van der Waals surface area contributed by atoms with Crippen molar-refractivity contribution in [3.8, 4) is 0 Å². The molecule has 2 aromatic carbocycles. The van der Waals surface area contributed by atoms with E-state index in [9.17, 15) is 8.42 Å². The van der Waals surface area contributed by atoms with Crippen LogP contribution in [-0.4, -0.2) is 8.42 Å². The Morgan fingerprint density at radius 2 is 1.75 bits per heavy atom. The van der Waals surface area contributed by atoms with Crippen molar-refractivity contribution >= 4 is 77.4 Å². The molecular weight excluding hydrogens is 500 g/mol. The SMILES string of the molecule is O=S(=O)(Nc1ccc(I)cc1Cl)c1ccc(Cl)c(Br)c1. The van der Waals surface area contributed by atoms with Gasteiger partial charge in [0.15, 0.2) is 0 Å². The number of hydrogen-bond donors (Lipinski definition) is 1. The van der Waals surface area contributed by atoms with Gasteiger partial charge in [0, 0.05) is 8.04 Å². The van der Waals surface area contributed by atoms with Crippen LogP contribution in [0.2, 0.25) is 10.0 Å². The van der Waals surface area contributed by atoms with E-state index in [4.69, 9.17) is 23.2 Å². The van der Waals surface area contributed by atoms with Crippen LogP contribution < -0.4 is 4.72 Å². The molecular formula is C12H7BrCl2INO2S. The van der Waals surface area contributed by atoms with Crippen molar-refractivity contribution in [2.45, 2.75) is 4.90 Å². The summed E-state index contributed by atoms with van der Waals surface area (Å²) in [5.41, 5.74) is 0.332. The molecule has 2 rings (SSSR count). The first-order valence-corrected chi connectivity index (χ1v) is 9.33. The smallest absolute Gasteiger partial charge is 0.261 e. The Labute approximate surface area is 149 Å². The fraction of sp³-hybridized carbons (Fsp3) is 0. The van der Waals surface area contributed by atoms with E-state index in [1.807, 2.05) is 0 Å². The zero-order chi connectivity index (χ0) is 14.9. The van der Waals surface area contributed by atoms with Crippen molar-refractivity contribution in [3.05, 3.63) is 54.5 Å². The number of sulfonamides is 1. The molecule has 106 valence electrons. The lowest BCUT2D eigenvalue weighted by molar-refractivity contribution is 0.601. The lowest BCUT2D eigenvalue weighted by Crippen LogP contribution is -2.13. The molecule has 0 aliphatic carbocycles. The summed E-state index contributed by atoms with van der Waals surface area (Å²) in [6, 6.07) is 9.43. The van der Waals surface area contributed by atoms with Gasteiger partial charge < -0.3 is 0 Å². The number of halogens is 4. The van der Waals surface area contributed by atoms with Crippen LogP contribution in [0.4, 0.5) is 5.69 Å². The Kier molecular flexibility index (Phi) is 5.23. The number of benzene rings is 2. The Morgan fingerprint density at radius 1 is 1.05 bits per heavy atom. The minimum Gasteiger partial charge on any atom is -0.278 e. The maximum atomic E-state index is 12.3. The molecule has 0 spiro atoms. The molecule has 0 amide bonds. The molecule has 0 fully saturated rings.